The molecule has 2 heteroatoms. The summed E-state index contributed by atoms with van der Waals surface area (Å²) in [5.41, 5.74) is 0. The summed E-state index contributed by atoms with van der Waals surface area (Å²) in [5, 5.41) is 8.31. The van der Waals surface area contributed by atoms with Gasteiger partial charge in [-0.3, -0.25) is 0 Å². The van der Waals surface area contributed by atoms with E-state index >= 15 is 0 Å². The van der Waals surface area contributed by atoms with Gasteiger partial charge in [-0.25, -0.2) is 0 Å². The van der Waals surface area contributed by atoms with Crippen LogP contribution in [-0.4, -0.2) is 24.4 Å². The maximum absolute atomic E-state index is 8.31. The lowest BCUT2D eigenvalue weighted by atomic mass is 10.3. The molecule has 1 N–H and O–H groups in total. The second-order valence-corrected chi connectivity index (χ2v) is 1.53. The molecule has 0 aromatic heterocycles. The Hall–Kier alpha value is -0.600. The van der Waals surface area contributed by atoms with Crippen LogP contribution in [0, 0.1) is 0 Å². The number of ether oxygens (including phenoxy) is 1. The summed E-state index contributed by atoms with van der Waals surface area (Å²) in [6, 6.07) is 0. The van der Waals surface area contributed by atoms with E-state index in [2.05, 4.69) is 13.2 Å². The highest BCUT2D eigenvalue weighted by atomic mass is 16.5. The highest BCUT2D eigenvalue weighted by Crippen LogP contribution is 1.92. The predicted octanol–water partition coefficient (Wildman–Crippen LogP) is 0.736. The van der Waals surface area contributed by atoms with Crippen molar-refractivity contribution in [1.82, 2.24) is 0 Å². The molecule has 0 saturated carbocycles. The monoisotopic (exact) mass is 128 g/mol. The molecule has 0 saturated heterocycles. The van der Waals surface area contributed by atoms with Crippen LogP contribution in [0.5, 0.6) is 0 Å². The van der Waals surface area contributed by atoms with Gasteiger partial charge in [0.25, 0.3) is 0 Å². The molecule has 0 aliphatic heterocycles. The fourth-order valence-corrected chi connectivity index (χ4v) is 0.421. The molecule has 0 rings (SSSR count). The lowest BCUT2D eigenvalue weighted by Gasteiger charge is -2.05. The Kier molecular flexibility index (Phi) is 5.17. The van der Waals surface area contributed by atoms with E-state index in [9.17, 15) is 0 Å². The summed E-state index contributed by atoms with van der Waals surface area (Å²) < 4.78 is 5.00. The molecule has 9 heavy (non-hydrogen) atoms. The first-order valence-corrected chi connectivity index (χ1v) is 2.82. The molecule has 0 aromatic carbocycles. The second kappa shape index (κ2) is 5.54. The van der Waals surface area contributed by atoms with Gasteiger partial charge in [-0.15, -0.1) is 13.2 Å². The number of hydrogen-bond acceptors (Lipinski definition) is 2. The Balaban J connectivity index is 3.30. The highest BCUT2D eigenvalue weighted by Gasteiger charge is 1.94. The first-order chi connectivity index (χ1) is 4.35. The highest BCUT2D eigenvalue weighted by molar-refractivity contribution is 4.93. The zero-order chi connectivity index (χ0) is 7.11. The third-order valence-electron chi connectivity index (χ3n) is 0.866. The van der Waals surface area contributed by atoms with Crippen molar-refractivity contribution < 1.29 is 9.84 Å². The van der Waals surface area contributed by atoms with Crippen LogP contribution < -0.4 is 0 Å². The topological polar surface area (TPSA) is 29.5 Å². The van der Waals surface area contributed by atoms with Crippen LogP contribution in [0.3, 0.4) is 0 Å². The van der Waals surface area contributed by atoms with E-state index in [0.717, 1.165) is 0 Å². The Labute approximate surface area is 55.5 Å². The zero-order valence-corrected chi connectivity index (χ0v) is 5.42. The fourth-order valence-electron chi connectivity index (χ4n) is 0.421. The maximum atomic E-state index is 8.31. The van der Waals surface area contributed by atoms with Crippen molar-refractivity contribution in [3.8, 4) is 0 Å². The van der Waals surface area contributed by atoms with Gasteiger partial charge < -0.3 is 9.84 Å². The molecule has 0 spiro atoms. The van der Waals surface area contributed by atoms with Crippen LogP contribution in [0.1, 0.15) is 0 Å². The van der Waals surface area contributed by atoms with Crippen molar-refractivity contribution in [2.45, 2.75) is 6.10 Å². The molecule has 0 aliphatic carbocycles. The van der Waals surface area contributed by atoms with Crippen LogP contribution in [0.15, 0.2) is 25.3 Å². The Morgan fingerprint density at radius 2 is 2.00 bits per heavy atom. The van der Waals surface area contributed by atoms with Crippen molar-refractivity contribution in [2.24, 2.45) is 0 Å². The van der Waals surface area contributed by atoms with Crippen LogP contribution in [0.25, 0.3) is 0 Å². The minimum atomic E-state index is -0.128. The van der Waals surface area contributed by atoms with Gasteiger partial charge >= 0.3 is 0 Å². The van der Waals surface area contributed by atoms with Crippen molar-refractivity contribution >= 4 is 0 Å². The Morgan fingerprint density at radius 1 is 1.44 bits per heavy atom. The average molecular weight is 128 g/mol. The van der Waals surface area contributed by atoms with Crippen molar-refractivity contribution in [3.05, 3.63) is 25.3 Å². The Morgan fingerprint density at radius 3 is 2.33 bits per heavy atom. The number of rotatable bonds is 5. The molecule has 0 radical (unpaired) electrons. The number of aliphatic hydroxyl groups excluding tert-OH is 1. The third kappa shape index (κ3) is 3.94. The van der Waals surface area contributed by atoms with Gasteiger partial charge in [0.15, 0.2) is 0 Å². The van der Waals surface area contributed by atoms with Crippen molar-refractivity contribution in [3.63, 3.8) is 0 Å². The largest absolute Gasteiger partial charge is 0.394 e. The maximum Gasteiger partial charge on any atom is 0.0933 e. The normalized spacial score (nSPS) is 9.56. The summed E-state index contributed by atoms with van der Waals surface area (Å²) in [5.74, 6) is 0. The molecule has 52 valence electrons. The minimum Gasteiger partial charge on any atom is -0.394 e. The minimum absolute atomic E-state index is 0.0399. The number of hydrogen-bond donors (Lipinski definition) is 1. The van der Waals surface area contributed by atoms with Gasteiger partial charge in [0.1, 0.15) is 0 Å². The van der Waals surface area contributed by atoms with E-state index in [-0.39, 0.29) is 12.7 Å². The lowest BCUT2D eigenvalue weighted by Crippen LogP contribution is -2.08. The smallest absolute Gasteiger partial charge is 0.0933 e. The molecule has 0 fully saturated rings. The van der Waals surface area contributed by atoms with E-state index in [0.29, 0.717) is 6.61 Å². The van der Waals surface area contributed by atoms with E-state index in [1.54, 1.807) is 12.2 Å². The molecule has 0 unspecified atom stereocenters. The molecule has 0 aliphatic rings. The van der Waals surface area contributed by atoms with E-state index in [4.69, 9.17) is 9.84 Å². The summed E-state index contributed by atoms with van der Waals surface area (Å²) in [4.78, 5) is 0. The fraction of sp³-hybridized carbons (Fsp3) is 0.429. The molecule has 0 heterocycles. The summed E-state index contributed by atoms with van der Waals surface area (Å²) in [7, 11) is 0. The summed E-state index contributed by atoms with van der Waals surface area (Å²) >= 11 is 0. The van der Waals surface area contributed by atoms with Crippen molar-refractivity contribution in [1.29, 1.82) is 0 Å². The summed E-state index contributed by atoms with van der Waals surface area (Å²) in [6.45, 7) is 7.39. The molecule has 2 nitrogen and oxygen atoms in total. The molecular formula is C7H12O2. The van der Waals surface area contributed by atoms with E-state index < -0.39 is 0 Å². The van der Waals surface area contributed by atoms with Gasteiger partial charge in [-0.05, 0) is 0 Å². The van der Waals surface area contributed by atoms with Gasteiger partial charge in [-0.1, -0.05) is 12.2 Å². The SMILES string of the molecule is C=CC(C=C)OCCO. The third-order valence-corrected chi connectivity index (χ3v) is 0.866. The van der Waals surface area contributed by atoms with Gasteiger partial charge in [-0.2, -0.15) is 0 Å². The standard InChI is InChI=1S/C7H12O2/c1-3-7(4-2)9-6-5-8/h3-4,7-8H,1-2,5-6H2. The van der Waals surface area contributed by atoms with Crippen LogP contribution >= 0.6 is 0 Å². The molecule has 0 aromatic rings. The average Bonchev–Trinajstić information content (AvgIpc) is 1.91. The first kappa shape index (κ1) is 8.40. The van der Waals surface area contributed by atoms with Crippen LogP contribution in [0.2, 0.25) is 0 Å². The molecule has 0 bridgehead atoms. The number of aliphatic hydroxyl groups is 1. The van der Waals surface area contributed by atoms with Crippen LogP contribution in [-0.2, 0) is 4.74 Å². The predicted molar refractivity (Wildman–Crippen MR) is 37.2 cm³/mol. The quantitative estimate of drug-likeness (QED) is 0.553. The molecule has 0 atom stereocenters. The Bertz CT molecular complexity index is 80.9. The summed E-state index contributed by atoms with van der Waals surface area (Å²) in [6.07, 6.45) is 3.13. The van der Waals surface area contributed by atoms with Gasteiger partial charge in [0.05, 0.1) is 19.3 Å². The van der Waals surface area contributed by atoms with Crippen LogP contribution in [0.4, 0.5) is 0 Å². The second-order valence-electron chi connectivity index (χ2n) is 1.53. The van der Waals surface area contributed by atoms with E-state index in [1.165, 1.54) is 0 Å². The van der Waals surface area contributed by atoms with E-state index in [1.807, 2.05) is 0 Å². The molecule has 0 amide bonds. The van der Waals surface area contributed by atoms with Crippen molar-refractivity contribution in [2.75, 3.05) is 13.2 Å². The first-order valence-electron chi connectivity index (χ1n) is 2.82. The zero-order valence-electron chi connectivity index (χ0n) is 5.42. The molecular weight excluding hydrogens is 116 g/mol. The lowest BCUT2D eigenvalue weighted by molar-refractivity contribution is 0.0779. The van der Waals surface area contributed by atoms with Gasteiger partial charge in [0, 0.05) is 0 Å². The van der Waals surface area contributed by atoms with Gasteiger partial charge in [0.2, 0.25) is 0 Å².